The van der Waals surface area contributed by atoms with E-state index in [-0.39, 0.29) is 12.6 Å². The van der Waals surface area contributed by atoms with Gasteiger partial charge in [-0.05, 0) is 75.8 Å². The van der Waals surface area contributed by atoms with E-state index in [2.05, 4.69) is 142 Å². The maximum absolute atomic E-state index is 9.15. The van der Waals surface area contributed by atoms with Gasteiger partial charge in [0.1, 0.15) is 35.5 Å². The summed E-state index contributed by atoms with van der Waals surface area (Å²) in [5.74, 6) is 3.58. The first-order valence-corrected chi connectivity index (χ1v) is 28.5. The summed E-state index contributed by atoms with van der Waals surface area (Å²) in [7, 11) is 5.71. The number of anilines is 2. The molecule has 5 N–H and O–H groups in total. The van der Waals surface area contributed by atoms with Crippen molar-refractivity contribution in [2.24, 2.45) is 44.6 Å². The molecule has 0 radical (unpaired) electrons. The van der Waals surface area contributed by atoms with Gasteiger partial charge in [0, 0.05) is 162 Å². The maximum atomic E-state index is 9.15. The number of nitrogens with zero attached hydrogens (tertiary/aromatic N) is 17. The first-order valence-electron chi connectivity index (χ1n) is 28.1. The highest BCUT2D eigenvalue weighted by Crippen LogP contribution is 2.32. The van der Waals surface area contributed by atoms with Crippen LogP contribution >= 0.6 is 11.6 Å². The smallest absolute Gasteiger partial charge is 0.156 e. The van der Waals surface area contributed by atoms with Gasteiger partial charge < -0.3 is 31.1 Å². The Labute approximate surface area is 488 Å². The average Bonchev–Trinajstić information content (AvgIpc) is 4.49. The Kier molecular flexibility index (Phi) is 18.3. The number of rotatable bonds is 12. The Bertz CT molecular complexity index is 3840. The van der Waals surface area contributed by atoms with Crippen molar-refractivity contribution in [2.45, 2.75) is 59.0 Å². The number of hydrogen-bond donors (Lipinski definition) is 4. The number of aryl methyl sites for hydroxylation is 5. The fraction of sp³-hybridized carbons (Fsp3) is 0.361. The number of aromatic nitrogens is 15. The number of nitrogens with two attached hydrogens (primary N) is 1. The molecule has 1 aliphatic carbocycles. The van der Waals surface area contributed by atoms with Crippen molar-refractivity contribution in [3.05, 3.63) is 169 Å². The third kappa shape index (κ3) is 14.1. The van der Waals surface area contributed by atoms with Crippen LogP contribution in [0.4, 0.5) is 11.6 Å². The van der Waals surface area contributed by atoms with Gasteiger partial charge in [0.2, 0.25) is 0 Å². The summed E-state index contributed by atoms with van der Waals surface area (Å²) in [6.45, 7) is 13.8. The summed E-state index contributed by atoms with van der Waals surface area (Å²) < 4.78 is 10.8. The number of benzene rings is 2. The van der Waals surface area contributed by atoms with E-state index in [1.54, 1.807) is 32.7 Å². The van der Waals surface area contributed by atoms with Gasteiger partial charge in [-0.2, -0.15) is 30.6 Å². The second kappa shape index (κ2) is 26.3. The van der Waals surface area contributed by atoms with Crippen LogP contribution in [0, 0.1) is 31.6 Å². The molecule has 2 aliphatic heterocycles. The molecule has 1 saturated carbocycles. The van der Waals surface area contributed by atoms with Gasteiger partial charge in [-0.1, -0.05) is 77.7 Å². The number of aliphatic hydroxyl groups is 2. The van der Waals surface area contributed by atoms with E-state index < -0.39 is 0 Å². The van der Waals surface area contributed by atoms with E-state index in [1.807, 2.05) is 97.4 Å². The predicted octanol–water partition coefficient (Wildman–Crippen LogP) is 8.36. The summed E-state index contributed by atoms with van der Waals surface area (Å²) >= 11 is 5.97. The third-order valence-electron chi connectivity index (χ3n) is 15.4. The van der Waals surface area contributed by atoms with Gasteiger partial charge in [0.05, 0.1) is 18.6 Å². The van der Waals surface area contributed by atoms with Crippen LogP contribution in [0.1, 0.15) is 67.4 Å². The van der Waals surface area contributed by atoms with Crippen molar-refractivity contribution in [3.63, 3.8) is 0 Å². The number of halogens is 1. The third-order valence-corrected chi connectivity index (χ3v) is 15.7. The molecule has 22 heteroatoms. The van der Waals surface area contributed by atoms with E-state index >= 15 is 0 Å². The van der Waals surface area contributed by atoms with Crippen LogP contribution in [0.15, 0.2) is 141 Å². The molecule has 83 heavy (non-hydrogen) atoms. The zero-order valence-electron chi connectivity index (χ0n) is 48.2. The highest BCUT2D eigenvalue weighted by molar-refractivity contribution is 6.32. The first kappa shape index (κ1) is 57.9. The molecule has 11 aromatic rings. The molecule has 432 valence electrons. The van der Waals surface area contributed by atoms with Crippen LogP contribution in [0.25, 0.3) is 49.9 Å². The minimum Gasteiger partial charge on any atom is -0.396 e. The zero-order valence-corrected chi connectivity index (χ0v) is 48.9. The fourth-order valence-electron chi connectivity index (χ4n) is 10.00. The lowest BCUT2D eigenvalue weighted by molar-refractivity contribution is 0.163. The van der Waals surface area contributed by atoms with Gasteiger partial charge in [-0.3, -0.25) is 14.0 Å². The SMILES string of the molecule is Cc1ccc([C@H](C)N)cc1.Cc1ccc([C@H](C)NCC2CN(c3ncnn4cc(-c5cnn(C)c5)cc34)C2)cc1.Cn1cc(-c2cc3c(Cl)ncnn3c2)cn1.Cn1cc(-c2cc3c(N4CC(CO)C4)ncnn3c2)cn1.OCC1CCC1. The lowest BCUT2D eigenvalue weighted by Gasteiger charge is -2.40. The normalized spacial score (nSPS) is 15.0. The van der Waals surface area contributed by atoms with Crippen molar-refractivity contribution in [2.75, 3.05) is 55.7 Å². The number of fused-ring (bicyclic) bond motifs is 3. The van der Waals surface area contributed by atoms with Gasteiger partial charge in [0.15, 0.2) is 16.8 Å². The molecule has 21 nitrogen and oxygen atoms in total. The molecule has 0 unspecified atom stereocenters. The molecule has 2 saturated heterocycles. The quantitative estimate of drug-likeness (QED) is 0.0901. The Hall–Kier alpha value is -8.34. The van der Waals surface area contributed by atoms with Crippen molar-refractivity contribution >= 4 is 39.8 Å². The minimum atomic E-state index is 0.153. The molecule has 0 bridgehead atoms. The molecule has 14 rings (SSSR count). The van der Waals surface area contributed by atoms with E-state index in [0.29, 0.717) is 35.6 Å². The molecule has 2 aromatic carbocycles. The molecule has 2 atom stereocenters. The monoisotopic (exact) mass is 1140 g/mol. The predicted molar refractivity (Wildman–Crippen MR) is 325 cm³/mol. The summed E-state index contributed by atoms with van der Waals surface area (Å²) in [5.41, 5.74) is 20.0. The number of nitrogens with one attached hydrogen (secondary N) is 1. The van der Waals surface area contributed by atoms with E-state index in [1.165, 1.54) is 47.8 Å². The van der Waals surface area contributed by atoms with Gasteiger partial charge in [-0.25, -0.2) is 28.5 Å². The highest BCUT2D eigenvalue weighted by atomic mass is 35.5. The number of hydrogen-bond acceptors (Lipinski definition) is 15. The largest absolute Gasteiger partial charge is 0.396 e. The van der Waals surface area contributed by atoms with Gasteiger partial charge in [0.25, 0.3) is 0 Å². The molecule has 9 aromatic heterocycles. The summed E-state index contributed by atoms with van der Waals surface area (Å²) in [5, 5.41) is 47.0. The molecule has 3 fully saturated rings. The Morgan fingerprint density at radius 1 is 0.530 bits per heavy atom. The molecular weight excluding hydrogens is 1070 g/mol. The maximum Gasteiger partial charge on any atom is 0.156 e. The minimum absolute atomic E-state index is 0.153. The van der Waals surface area contributed by atoms with Crippen LogP contribution in [0.2, 0.25) is 5.15 Å². The van der Waals surface area contributed by atoms with Crippen molar-refractivity contribution in [1.82, 2.24) is 78.5 Å². The topological polar surface area (TPSA) is 229 Å². The van der Waals surface area contributed by atoms with Crippen LogP contribution in [-0.4, -0.2) is 129 Å². The molecular formula is C61H74ClN19O2. The van der Waals surface area contributed by atoms with E-state index in [9.17, 15) is 0 Å². The van der Waals surface area contributed by atoms with Crippen molar-refractivity contribution in [1.29, 1.82) is 0 Å². The Balaban J connectivity index is 0.000000126. The Morgan fingerprint density at radius 2 is 0.940 bits per heavy atom. The van der Waals surface area contributed by atoms with Crippen LogP contribution in [0.5, 0.6) is 0 Å². The summed E-state index contributed by atoms with van der Waals surface area (Å²) in [4.78, 5) is 17.4. The Morgan fingerprint density at radius 3 is 1.31 bits per heavy atom. The summed E-state index contributed by atoms with van der Waals surface area (Å²) in [6, 6.07) is 23.8. The molecule has 0 amide bonds. The second-order valence-corrected chi connectivity index (χ2v) is 22.4. The van der Waals surface area contributed by atoms with Crippen molar-refractivity contribution < 1.29 is 10.2 Å². The number of aliphatic hydroxyl groups excluding tert-OH is 2. The fourth-order valence-corrected chi connectivity index (χ4v) is 10.2. The molecule has 0 spiro atoms. The van der Waals surface area contributed by atoms with Gasteiger partial charge >= 0.3 is 0 Å². The molecule has 11 heterocycles. The van der Waals surface area contributed by atoms with E-state index in [4.69, 9.17) is 27.5 Å². The van der Waals surface area contributed by atoms with Crippen LogP contribution < -0.4 is 20.9 Å². The highest BCUT2D eigenvalue weighted by Gasteiger charge is 2.31. The van der Waals surface area contributed by atoms with Crippen molar-refractivity contribution in [3.8, 4) is 33.4 Å². The van der Waals surface area contributed by atoms with E-state index in [0.717, 1.165) is 94.3 Å². The van der Waals surface area contributed by atoms with Gasteiger partial charge in [-0.15, -0.1) is 0 Å². The summed E-state index contributed by atoms with van der Waals surface area (Å²) in [6.07, 6.45) is 25.9. The zero-order chi connectivity index (χ0) is 58.1. The standard InChI is InChI=1S/C23H27N7.C14H16N6O.C10H8ClN5.C9H13N.C5H10O/c1-16-4-6-19(7-5-16)17(2)24-9-18-11-29(12-18)23-22-8-20(14-30(22)27-15-25-23)21-10-26-28(3)13-21;1-18-6-12(3-16-18)11-2-13-14(15-9-17-20(13)7-11)19-4-10(5-19)8-21;1-15-4-8(3-13-15)7-2-9-10(11)12-6-14-16(9)5-7;1-7-3-5-9(6-4-7)8(2)10;6-4-5-2-1-3-5/h4-8,10,13-15,17-18,24H,9,11-12H2,1-3H3;2-3,6-7,9-10,21H,4-5,8H2,1H3;2-6H,1H3;3-6,8H,10H2,1-2H3;5-6H,1-4H2/t17-;;;8-;/m0..0./s1. The lowest BCUT2D eigenvalue weighted by Crippen LogP contribution is -2.51. The van der Waals surface area contributed by atoms with Crippen LogP contribution in [-0.2, 0) is 21.1 Å². The second-order valence-electron chi connectivity index (χ2n) is 22.0. The molecule has 3 aliphatic rings. The first-order chi connectivity index (χ1) is 40.2. The lowest BCUT2D eigenvalue weighted by atomic mass is 9.86. The average molecular weight is 1140 g/mol. The van der Waals surface area contributed by atoms with Crippen LogP contribution in [0.3, 0.4) is 0 Å².